The van der Waals surface area contributed by atoms with Gasteiger partial charge in [-0.3, -0.25) is 9.69 Å². The van der Waals surface area contributed by atoms with Gasteiger partial charge >= 0.3 is 5.97 Å². The molecule has 1 aliphatic rings. The zero-order valence-electron chi connectivity index (χ0n) is 14.7. The van der Waals surface area contributed by atoms with E-state index in [0.29, 0.717) is 31.1 Å². The highest BCUT2D eigenvalue weighted by molar-refractivity contribution is 5.89. The third-order valence-corrected chi connectivity index (χ3v) is 4.39. The molecule has 0 saturated carbocycles. The number of nitrogens with one attached hydrogen (secondary N) is 1. The molecule has 6 nitrogen and oxygen atoms in total. The van der Waals surface area contributed by atoms with Crippen LogP contribution in [0.2, 0.25) is 0 Å². The van der Waals surface area contributed by atoms with Crippen LogP contribution in [0.1, 0.15) is 41.6 Å². The van der Waals surface area contributed by atoms with Gasteiger partial charge in [-0.2, -0.15) is 0 Å². The Kier molecular flexibility index (Phi) is 9.49. The van der Waals surface area contributed by atoms with E-state index in [1.807, 2.05) is 18.2 Å². The first kappa shape index (κ1) is 21.4. The molecule has 1 unspecified atom stereocenters. The van der Waals surface area contributed by atoms with E-state index in [9.17, 15) is 9.59 Å². The number of rotatable bonds is 7. The van der Waals surface area contributed by atoms with Crippen molar-refractivity contribution >= 4 is 24.3 Å². The van der Waals surface area contributed by atoms with Crippen LogP contribution in [0.5, 0.6) is 0 Å². The fraction of sp³-hybridized carbons (Fsp3) is 0.556. The number of halogens is 1. The van der Waals surface area contributed by atoms with E-state index in [1.54, 1.807) is 6.07 Å². The molecule has 1 aromatic carbocycles. The lowest BCUT2D eigenvalue weighted by molar-refractivity contribution is -0.121. The van der Waals surface area contributed by atoms with Crippen molar-refractivity contribution < 1.29 is 14.3 Å². The number of amides is 1. The molecule has 0 spiro atoms. The van der Waals surface area contributed by atoms with Crippen molar-refractivity contribution in [2.24, 2.45) is 5.73 Å². The van der Waals surface area contributed by atoms with Crippen molar-refractivity contribution in [3.8, 4) is 0 Å². The maximum Gasteiger partial charge on any atom is 0.337 e. The summed E-state index contributed by atoms with van der Waals surface area (Å²) in [6, 6.07) is 7.86. The van der Waals surface area contributed by atoms with Gasteiger partial charge in [-0.05, 0) is 37.1 Å². The zero-order valence-corrected chi connectivity index (χ0v) is 15.5. The van der Waals surface area contributed by atoms with Crippen LogP contribution in [-0.2, 0) is 16.1 Å². The van der Waals surface area contributed by atoms with Gasteiger partial charge in [0.2, 0.25) is 5.91 Å². The number of esters is 1. The Morgan fingerprint density at radius 2 is 2.16 bits per heavy atom. The Labute approximate surface area is 155 Å². The summed E-state index contributed by atoms with van der Waals surface area (Å²) < 4.78 is 4.78. The largest absolute Gasteiger partial charge is 0.465 e. The fourth-order valence-corrected chi connectivity index (χ4v) is 3.10. The van der Waals surface area contributed by atoms with E-state index < -0.39 is 0 Å². The molecule has 7 heteroatoms. The molecule has 140 valence electrons. The predicted molar refractivity (Wildman–Crippen MR) is 99.8 cm³/mol. The number of carbonyl (C=O) groups excluding carboxylic acids is 2. The topological polar surface area (TPSA) is 84.7 Å². The number of benzene rings is 1. The highest BCUT2D eigenvalue weighted by Gasteiger charge is 2.23. The molecule has 1 saturated heterocycles. The van der Waals surface area contributed by atoms with Crippen molar-refractivity contribution in [1.82, 2.24) is 10.2 Å². The Balaban J connectivity index is 0.00000312. The van der Waals surface area contributed by atoms with Gasteiger partial charge in [-0.15, -0.1) is 12.4 Å². The molecule has 3 N–H and O–H groups in total. The minimum absolute atomic E-state index is 0. The first-order chi connectivity index (χ1) is 11.6. The van der Waals surface area contributed by atoms with Crippen molar-refractivity contribution in [3.05, 3.63) is 35.4 Å². The van der Waals surface area contributed by atoms with Crippen LogP contribution in [-0.4, -0.2) is 49.6 Å². The van der Waals surface area contributed by atoms with Gasteiger partial charge in [0.05, 0.1) is 12.7 Å². The molecule has 1 heterocycles. The molecule has 1 fully saturated rings. The van der Waals surface area contributed by atoms with E-state index in [0.717, 1.165) is 31.5 Å². The standard InChI is InChI=1S/C18H27N3O3.ClH/c1-24-18(23)15-6-4-5-14(11-15)13-21-10-3-2-7-16(21)12-20-17(22)8-9-19;/h4-6,11,16H,2-3,7-10,12-13,19H2,1H3,(H,20,22);1H. The van der Waals surface area contributed by atoms with Crippen molar-refractivity contribution in [1.29, 1.82) is 0 Å². The van der Waals surface area contributed by atoms with Crippen molar-refractivity contribution in [2.45, 2.75) is 38.3 Å². The highest BCUT2D eigenvalue weighted by Crippen LogP contribution is 2.20. The molecule has 0 aliphatic carbocycles. The summed E-state index contributed by atoms with van der Waals surface area (Å²) in [5.41, 5.74) is 7.06. The van der Waals surface area contributed by atoms with Gasteiger partial charge in [-0.25, -0.2) is 4.79 Å². The minimum atomic E-state index is -0.318. The van der Waals surface area contributed by atoms with Crippen LogP contribution in [0, 0.1) is 0 Å². The van der Waals surface area contributed by atoms with Crippen LogP contribution >= 0.6 is 12.4 Å². The van der Waals surface area contributed by atoms with E-state index in [2.05, 4.69) is 10.2 Å². The summed E-state index contributed by atoms with van der Waals surface area (Å²) in [6.45, 7) is 2.79. The number of nitrogens with zero attached hydrogens (tertiary/aromatic N) is 1. The van der Waals surface area contributed by atoms with Gasteiger partial charge in [0.1, 0.15) is 0 Å². The molecule has 1 atom stereocenters. The molecule has 1 aliphatic heterocycles. The first-order valence-corrected chi connectivity index (χ1v) is 8.52. The van der Waals surface area contributed by atoms with Crippen LogP contribution in [0.25, 0.3) is 0 Å². The zero-order chi connectivity index (χ0) is 17.4. The summed E-state index contributed by atoms with van der Waals surface area (Å²) in [5, 5.41) is 2.97. The third-order valence-electron chi connectivity index (χ3n) is 4.39. The second-order valence-corrected chi connectivity index (χ2v) is 6.15. The normalized spacial score (nSPS) is 17.4. The molecule has 1 aromatic rings. The van der Waals surface area contributed by atoms with Gasteiger partial charge in [-0.1, -0.05) is 18.6 Å². The molecule has 25 heavy (non-hydrogen) atoms. The second kappa shape index (κ2) is 11.1. The number of nitrogens with two attached hydrogens (primary N) is 1. The van der Waals surface area contributed by atoms with E-state index in [-0.39, 0.29) is 24.3 Å². The van der Waals surface area contributed by atoms with Crippen LogP contribution in [0.4, 0.5) is 0 Å². The number of piperidine rings is 1. The lowest BCUT2D eigenvalue weighted by Crippen LogP contribution is -2.46. The molecular formula is C18H28ClN3O3. The van der Waals surface area contributed by atoms with E-state index in [4.69, 9.17) is 10.5 Å². The highest BCUT2D eigenvalue weighted by atomic mass is 35.5. The third kappa shape index (κ3) is 6.65. The predicted octanol–water partition coefficient (Wildman–Crippen LogP) is 1.71. The Morgan fingerprint density at radius 3 is 2.88 bits per heavy atom. The molecule has 0 aromatic heterocycles. The number of methoxy groups -OCH3 is 1. The molecule has 2 rings (SSSR count). The quantitative estimate of drug-likeness (QED) is 0.715. The number of ether oxygens (including phenoxy) is 1. The van der Waals surface area contributed by atoms with Gasteiger partial charge in [0.15, 0.2) is 0 Å². The number of hydrogen-bond acceptors (Lipinski definition) is 5. The summed E-state index contributed by atoms with van der Waals surface area (Å²) in [5.74, 6) is -0.309. The maximum atomic E-state index is 11.7. The molecular weight excluding hydrogens is 342 g/mol. The van der Waals surface area contributed by atoms with Crippen molar-refractivity contribution in [2.75, 3.05) is 26.7 Å². The smallest absolute Gasteiger partial charge is 0.337 e. The lowest BCUT2D eigenvalue weighted by atomic mass is 10.0. The number of hydrogen-bond donors (Lipinski definition) is 2. The van der Waals surface area contributed by atoms with Crippen molar-refractivity contribution in [3.63, 3.8) is 0 Å². The molecule has 0 radical (unpaired) electrons. The Morgan fingerprint density at radius 1 is 1.36 bits per heavy atom. The van der Waals surface area contributed by atoms with Crippen LogP contribution in [0.15, 0.2) is 24.3 Å². The number of carbonyl (C=O) groups is 2. The van der Waals surface area contributed by atoms with Gasteiger partial charge < -0.3 is 15.8 Å². The summed E-state index contributed by atoms with van der Waals surface area (Å²) in [4.78, 5) is 25.7. The SMILES string of the molecule is COC(=O)c1cccc(CN2CCCCC2CNC(=O)CCN)c1.Cl. The summed E-state index contributed by atoms with van der Waals surface area (Å²) in [6.07, 6.45) is 3.77. The second-order valence-electron chi connectivity index (χ2n) is 6.15. The average molecular weight is 370 g/mol. The molecule has 0 bridgehead atoms. The Hall–Kier alpha value is -1.63. The van der Waals surface area contributed by atoms with E-state index in [1.165, 1.54) is 13.5 Å². The van der Waals surface area contributed by atoms with E-state index >= 15 is 0 Å². The van der Waals surface area contributed by atoms with Gasteiger partial charge in [0.25, 0.3) is 0 Å². The summed E-state index contributed by atoms with van der Waals surface area (Å²) >= 11 is 0. The Bertz CT molecular complexity index is 568. The minimum Gasteiger partial charge on any atom is -0.465 e. The van der Waals surface area contributed by atoms with Crippen LogP contribution < -0.4 is 11.1 Å². The number of likely N-dealkylation sites (tertiary alicyclic amines) is 1. The molecule has 1 amide bonds. The monoisotopic (exact) mass is 369 g/mol. The fourth-order valence-electron chi connectivity index (χ4n) is 3.10. The first-order valence-electron chi connectivity index (χ1n) is 8.52. The average Bonchev–Trinajstić information content (AvgIpc) is 2.61. The van der Waals surface area contributed by atoms with Crippen LogP contribution in [0.3, 0.4) is 0 Å². The van der Waals surface area contributed by atoms with Gasteiger partial charge in [0, 0.05) is 32.1 Å². The maximum absolute atomic E-state index is 11.7. The lowest BCUT2D eigenvalue weighted by Gasteiger charge is -2.36. The summed E-state index contributed by atoms with van der Waals surface area (Å²) in [7, 11) is 1.39.